The molecule has 2 aromatic carbocycles. The summed E-state index contributed by atoms with van der Waals surface area (Å²) in [7, 11) is 0. The highest BCUT2D eigenvalue weighted by molar-refractivity contribution is 6.38. The Morgan fingerprint density at radius 2 is 1.42 bits per heavy atom. The minimum atomic E-state index is -1.19. The molecule has 16 heteroatoms. The number of nitrogens with two attached hydrogens (primary N) is 1. The van der Waals surface area contributed by atoms with Crippen LogP contribution in [0.3, 0.4) is 0 Å². The first-order chi connectivity index (χ1) is 27.5. The molecule has 0 bridgehead atoms. The van der Waals surface area contributed by atoms with E-state index in [0.29, 0.717) is 30.5 Å². The zero-order valence-electron chi connectivity index (χ0n) is 32.7. The Hall–Kier alpha value is -5.67. The van der Waals surface area contributed by atoms with Gasteiger partial charge in [0.1, 0.15) is 12.1 Å². The van der Waals surface area contributed by atoms with Gasteiger partial charge in [-0.2, -0.15) is 0 Å². The van der Waals surface area contributed by atoms with Crippen molar-refractivity contribution in [2.24, 2.45) is 22.6 Å². The molecule has 57 heavy (non-hydrogen) atoms. The third-order valence-electron chi connectivity index (χ3n) is 10.6. The van der Waals surface area contributed by atoms with Crippen molar-refractivity contribution in [3.8, 4) is 0 Å². The molecule has 3 atom stereocenters. The summed E-state index contributed by atoms with van der Waals surface area (Å²) in [5.74, 6) is -3.57. The predicted molar refractivity (Wildman–Crippen MR) is 213 cm³/mol. The number of fused-ring (bicyclic) bond motifs is 1. The normalized spacial score (nSPS) is 15.7. The van der Waals surface area contributed by atoms with E-state index in [9.17, 15) is 38.9 Å². The summed E-state index contributed by atoms with van der Waals surface area (Å²) in [6.07, 6.45) is 10.0. The van der Waals surface area contributed by atoms with Crippen molar-refractivity contribution in [3.63, 3.8) is 0 Å². The molecule has 2 aromatic rings. The Bertz CT molecular complexity index is 1710. The number of unbranched alkanes of at least 4 members (excludes halogenated alkanes) is 5. The molecule has 5 amide bonds. The van der Waals surface area contributed by atoms with Gasteiger partial charge in [0, 0.05) is 32.0 Å². The minimum Gasteiger partial charge on any atom is -0.365 e. The lowest BCUT2D eigenvalue weighted by Crippen LogP contribution is -2.55. The van der Waals surface area contributed by atoms with Gasteiger partial charge in [-0.25, -0.2) is 15.1 Å². The molecule has 0 spiro atoms. The maximum Gasteiger partial charge on any atom is 0.289 e. The number of nitrogens with zero attached hydrogens (tertiary/aromatic N) is 3. The number of ketones is 1. The van der Waals surface area contributed by atoms with Crippen molar-refractivity contribution in [2.45, 2.75) is 109 Å². The number of nitro groups is 1. The first-order valence-corrected chi connectivity index (χ1v) is 20.1. The van der Waals surface area contributed by atoms with Crippen molar-refractivity contribution in [2.75, 3.05) is 19.6 Å². The lowest BCUT2D eigenvalue weighted by Gasteiger charge is -2.27. The van der Waals surface area contributed by atoms with E-state index in [0.717, 1.165) is 63.4 Å². The van der Waals surface area contributed by atoms with Crippen molar-refractivity contribution in [1.29, 1.82) is 0 Å². The Balaban J connectivity index is 1.35. The van der Waals surface area contributed by atoms with Crippen molar-refractivity contribution >= 4 is 41.3 Å². The topological polar surface area (TPSA) is 235 Å². The molecule has 308 valence electrons. The van der Waals surface area contributed by atoms with Crippen LogP contribution in [0.25, 0.3) is 0 Å². The smallest absolute Gasteiger partial charge is 0.289 e. The molecule has 1 unspecified atom stereocenters. The number of Topliss-reactive ketones (excluding diaryl/α,β-unsaturated/α-hetero) is 1. The number of imide groups is 1. The van der Waals surface area contributed by atoms with Crippen LogP contribution in [0, 0.1) is 22.0 Å². The third kappa shape index (κ3) is 13.5. The summed E-state index contributed by atoms with van der Waals surface area (Å²) >= 11 is 0. The number of carbonyl (C=O) groups is 6. The Labute approximate surface area is 333 Å². The summed E-state index contributed by atoms with van der Waals surface area (Å²) in [6, 6.07) is 13.6. The highest BCUT2D eigenvalue weighted by Crippen LogP contribution is 2.34. The van der Waals surface area contributed by atoms with Gasteiger partial charge in [-0.1, -0.05) is 92.8 Å². The molecule has 4 rings (SSSR count). The number of hydrogen-bond donors (Lipinski definition) is 5. The lowest BCUT2D eigenvalue weighted by molar-refractivity contribution is -0.525. The van der Waals surface area contributed by atoms with Crippen molar-refractivity contribution in [1.82, 2.24) is 26.3 Å². The number of hydrazine groups is 1. The van der Waals surface area contributed by atoms with Crippen LogP contribution in [-0.4, -0.2) is 82.9 Å². The zero-order valence-corrected chi connectivity index (χ0v) is 32.7. The van der Waals surface area contributed by atoms with Gasteiger partial charge in [0.05, 0.1) is 11.1 Å². The number of likely N-dealkylation sites (N-methyl/N-ethyl adjacent to an activating group) is 1. The van der Waals surface area contributed by atoms with E-state index in [4.69, 9.17) is 5.73 Å². The van der Waals surface area contributed by atoms with Crippen molar-refractivity contribution < 1.29 is 33.8 Å². The number of hydrogen-bond acceptors (Lipinski definition) is 9. The summed E-state index contributed by atoms with van der Waals surface area (Å²) in [5, 5.41) is 18.1. The molecule has 0 aromatic heterocycles. The van der Waals surface area contributed by atoms with Crippen LogP contribution in [0.2, 0.25) is 0 Å². The van der Waals surface area contributed by atoms with Crippen LogP contribution in [0.5, 0.6) is 0 Å². The van der Waals surface area contributed by atoms with Crippen LogP contribution in [0.4, 0.5) is 0 Å². The number of rotatable bonds is 24. The lowest BCUT2D eigenvalue weighted by atomic mass is 9.85. The second kappa shape index (κ2) is 22.8. The molecule has 1 saturated carbocycles. The number of guanidine groups is 1. The fraction of sp³-hybridized carbons (Fsp3) is 0.537. The summed E-state index contributed by atoms with van der Waals surface area (Å²) in [4.78, 5) is 95.1. The van der Waals surface area contributed by atoms with Gasteiger partial charge in [0.25, 0.3) is 23.7 Å². The number of carbonyl (C=O) groups excluding carboxylic acids is 6. The molecule has 1 aliphatic carbocycles. The van der Waals surface area contributed by atoms with Crippen LogP contribution >= 0.6 is 0 Å². The Morgan fingerprint density at radius 1 is 0.825 bits per heavy atom. The second-order valence-electron chi connectivity index (χ2n) is 14.7. The molecule has 0 saturated heterocycles. The van der Waals surface area contributed by atoms with Gasteiger partial charge in [-0.3, -0.25) is 33.7 Å². The summed E-state index contributed by atoms with van der Waals surface area (Å²) in [5.41, 5.74) is 8.97. The van der Waals surface area contributed by atoms with Crippen LogP contribution in [0.1, 0.15) is 117 Å². The second-order valence-corrected chi connectivity index (χ2v) is 14.7. The number of amides is 5. The van der Waals surface area contributed by atoms with Crippen LogP contribution in [0.15, 0.2) is 59.6 Å². The number of nitrogens with one attached hydrogen (secondary N) is 4. The van der Waals surface area contributed by atoms with Gasteiger partial charge in [0.15, 0.2) is 5.03 Å². The largest absolute Gasteiger partial charge is 0.365 e. The van der Waals surface area contributed by atoms with Crippen LogP contribution in [-0.2, 0) is 25.6 Å². The number of benzene rings is 2. The molecule has 16 nitrogen and oxygen atoms in total. The molecule has 1 heterocycles. The zero-order chi connectivity index (χ0) is 41.2. The van der Waals surface area contributed by atoms with E-state index in [1.807, 2.05) is 6.07 Å². The van der Waals surface area contributed by atoms with E-state index in [1.165, 1.54) is 4.90 Å². The molecule has 1 aliphatic heterocycles. The maximum atomic E-state index is 14.1. The fourth-order valence-electron chi connectivity index (χ4n) is 7.63. The highest BCUT2D eigenvalue weighted by Gasteiger charge is 2.36. The minimum absolute atomic E-state index is 0.0297. The molecule has 1 fully saturated rings. The monoisotopic (exact) mass is 788 g/mol. The third-order valence-corrected chi connectivity index (χ3v) is 10.6. The molecular formula is C41H56N8O8. The quantitative estimate of drug-likeness (QED) is 0.0197. The first kappa shape index (κ1) is 44.0. The van der Waals surface area contributed by atoms with E-state index in [1.54, 1.807) is 60.9 Å². The van der Waals surface area contributed by atoms with E-state index in [-0.39, 0.29) is 61.9 Å². The average Bonchev–Trinajstić information content (AvgIpc) is 3.81. The fourth-order valence-corrected chi connectivity index (χ4v) is 7.63. The summed E-state index contributed by atoms with van der Waals surface area (Å²) < 4.78 is 0. The molecule has 2 aliphatic rings. The highest BCUT2D eigenvalue weighted by atomic mass is 16.7. The SMILES string of the molecule is CCNC(=O)C(=O)[C@H](Cc1ccccc1)NC(=O)[C@H](CCCN=C(N)N[N+](=O)[O-])NC(=O)C(CCCCCCCCN1C(=O)c2ccccc2C1=O)C1CCCC1. The molecule has 0 radical (unpaired) electrons. The molecule has 6 N–H and O–H groups in total. The Morgan fingerprint density at radius 3 is 2.05 bits per heavy atom. The summed E-state index contributed by atoms with van der Waals surface area (Å²) in [6.45, 7) is 2.32. The van der Waals surface area contributed by atoms with E-state index in [2.05, 4.69) is 20.9 Å². The van der Waals surface area contributed by atoms with E-state index < -0.39 is 40.7 Å². The van der Waals surface area contributed by atoms with Crippen molar-refractivity contribution in [3.05, 3.63) is 81.4 Å². The van der Waals surface area contributed by atoms with E-state index >= 15 is 0 Å². The number of aliphatic imine (C=N–C) groups is 1. The van der Waals surface area contributed by atoms with Gasteiger partial charge in [-0.15, -0.1) is 0 Å². The first-order valence-electron chi connectivity index (χ1n) is 20.1. The van der Waals surface area contributed by atoms with Gasteiger partial charge < -0.3 is 21.7 Å². The van der Waals surface area contributed by atoms with Gasteiger partial charge in [-0.05, 0) is 69.1 Å². The Kier molecular flexibility index (Phi) is 17.6. The maximum absolute atomic E-state index is 14.1. The predicted octanol–water partition coefficient (Wildman–Crippen LogP) is 3.61. The van der Waals surface area contributed by atoms with Crippen LogP contribution < -0.4 is 27.1 Å². The van der Waals surface area contributed by atoms with Gasteiger partial charge >= 0.3 is 0 Å². The standard InChI is InChI=1S/C41H56N8O8/c1-2-43-38(53)35(50)34(27-28-17-8-7-9-18-28)46-37(52)33(24-16-25-44-41(42)47-49(56)57)45-36(51)30(29-19-11-12-20-29)21-10-5-3-4-6-15-26-48-39(54)31-22-13-14-23-32(31)40(48)55/h7-9,13-14,17-18,22-23,29-30,33-34H,2-6,10-12,15-16,19-21,24-27H2,1H3,(H,43,53)(H,45,51)(H,46,52)(H3,42,44,47)/t30?,33-,34-/m0/s1. The average molecular weight is 789 g/mol. The van der Waals surface area contributed by atoms with Gasteiger partial charge in [0.2, 0.25) is 17.6 Å². The molecular weight excluding hydrogens is 732 g/mol.